The van der Waals surface area contributed by atoms with E-state index in [9.17, 15) is 4.79 Å². The minimum Gasteiger partial charge on any atom is -0.332 e. The molecule has 0 unspecified atom stereocenters. The van der Waals surface area contributed by atoms with Crippen LogP contribution in [0.25, 0.3) is 0 Å². The molecular weight excluding hydrogens is 372 g/mol. The first-order valence-electron chi connectivity index (χ1n) is 6.10. The summed E-state index contributed by atoms with van der Waals surface area (Å²) in [6.07, 6.45) is 0. The Morgan fingerprint density at radius 1 is 1.19 bits per heavy atom. The van der Waals surface area contributed by atoms with Crippen molar-refractivity contribution in [2.45, 2.75) is 6.92 Å². The quantitative estimate of drug-likeness (QED) is 0.748. The van der Waals surface area contributed by atoms with Crippen LogP contribution in [0.15, 0.2) is 46.9 Å². The van der Waals surface area contributed by atoms with Crippen molar-refractivity contribution in [1.29, 1.82) is 0 Å². The van der Waals surface area contributed by atoms with Gasteiger partial charge in [0.25, 0.3) is 5.91 Å². The van der Waals surface area contributed by atoms with Gasteiger partial charge in [-0.1, -0.05) is 33.6 Å². The van der Waals surface area contributed by atoms with Gasteiger partial charge in [0, 0.05) is 20.7 Å². The largest absolute Gasteiger partial charge is 0.332 e. The maximum atomic E-state index is 12.0. The molecule has 0 heterocycles. The van der Waals surface area contributed by atoms with Crippen LogP contribution < -0.4 is 10.6 Å². The van der Waals surface area contributed by atoms with Crippen LogP contribution in [0.5, 0.6) is 0 Å². The highest BCUT2D eigenvalue weighted by molar-refractivity contribution is 9.10. The van der Waals surface area contributed by atoms with Crippen molar-refractivity contribution in [2.75, 3.05) is 5.32 Å². The van der Waals surface area contributed by atoms with Crippen LogP contribution in [0, 0.1) is 6.92 Å². The van der Waals surface area contributed by atoms with E-state index in [1.807, 2.05) is 13.0 Å². The fourth-order valence-corrected chi connectivity index (χ4v) is 2.30. The zero-order valence-corrected chi connectivity index (χ0v) is 14.3. The number of amides is 1. The number of aryl methyl sites for hydroxylation is 1. The van der Waals surface area contributed by atoms with E-state index in [1.165, 1.54) is 0 Å². The van der Waals surface area contributed by atoms with Crippen LogP contribution in [0.4, 0.5) is 5.69 Å². The molecule has 0 saturated carbocycles. The van der Waals surface area contributed by atoms with Gasteiger partial charge in [-0.3, -0.25) is 10.1 Å². The molecule has 0 aliphatic rings. The molecule has 1 amide bonds. The Morgan fingerprint density at radius 3 is 2.52 bits per heavy atom. The average molecular weight is 384 g/mol. The lowest BCUT2D eigenvalue weighted by Crippen LogP contribution is -2.34. The van der Waals surface area contributed by atoms with E-state index in [4.69, 9.17) is 23.8 Å². The van der Waals surface area contributed by atoms with Gasteiger partial charge < -0.3 is 5.32 Å². The summed E-state index contributed by atoms with van der Waals surface area (Å²) >= 11 is 14.4. The second-order valence-electron chi connectivity index (χ2n) is 4.37. The highest BCUT2D eigenvalue weighted by atomic mass is 79.9. The Morgan fingerprint density at radius 2 is 1.86 bits per heavy atom. The van der Waals surface area contributed by atoms with E-state index in [0.29, 0.717) is 10.6 Å². The molecule has 0 atom stereocenters. The summed E-state index contributed by atoms with van der Waals surface area (Å²) in [4.78, 5) is 12.0. The molecular formula is C15H12BrClN2OS. The monoisotopic (exact) mass is 382 g/mol. The van der Waals surface area contributed by atoms with E-state index in [1.54, 1.807) is 36.4 Å². The number of halogens is 2. The molecule has 2 aromatic rings. The van der Waals surface area contributed by atoms with Crippen LogP contribution in [-0.2, 0) is 0 Å². The summed E-state index contributed by atoms with van der Waals surface area (Å²) < 4.78 is 0.911. The van der Waals surface area contributed by atoms with Crippen LogP contribution in [0.2, 0.25) is 5.02 Å². The lowest BCUT2D eigenvalue weighted by Gasteiger charge is -2.12. The normalized spacial score (nSPS) is 10.0. The topological polar surface area (TPSA) is 41.1 Å². The van der Waals surface area contributed by atoms with Crippen LogP contribution in [0.3, 0.4) is 0 Å². The molecule has 2 aromatic carbocycles. The van der Waals surface area contributed by atoms with E-state index >= 15 is 0 Å². The third-order valence-electron chi connectivity index (χ3n) is 2.78. The van der Waals surface area contributed by atoms with Crippen molar-refractivity contribution < 1.29 is 4.79 Å². The average Bonchev–Trinajstić information content (AvgIpc) is 2.43. The van der Waals surface area contributed by atoms with E-state index in [2.05, 4.69) is 26.6 Å². The summed E-state index contributed by atoms with van der Waals surface area (Å²) in [7, 11) is 0. The SMILES string of the molecule is Cc1ccc(Cl)cc1NC(=S)NC(=O)c1ccc(Br)cc1. The molecule has 3 nitrogen and oxygen atoms in total. The number of nitrogens with one attached hydrogen (secondary N) is 2. The van der Waals surface area contributed by atoms with Gasteiger partial charge in [0.05, 0.1) is 0 Å². The van der Waals surface area contributed by atoms with Gasteiger partial charge in [0.2, 0.25) is 0 Å². The first-order chi connectivity index (χ1) is 9.95. The predicted molar refractivity (Wildman–Crippen MR) is 94.0 cm³/mol. The maximum Gasteiger partial charge on any atom is 0.257 e. The Labute approximate surface area is 141 Å². The number of carbonyl (C=O) groups excluding carboxylic acids is 1. The molecule has 2 rings (SSSR count). The lowest BCUT2D eigenvalue weighted by molar-refractivity contribution is 0.0977. The molecule has 0 saturated heterocycles. The van der Waals surface area contributed by atoms with E-state index < -0.39 is 0 Å². The van der Waals surface area contributed by atoms with Crippen molar-refractivity contribution in [1.82, 2.24) is 5.32 Å². The molecule has 108 valence electrons. The maximum absolute atomic E-state index is 12.0. The second kappa shape index (κ2) is 7.02. The first-order valence-corrected chi connectivity index (χ1v) is 7.67. The number of benzene rings is 2. The number of carbonyl (C=O) groups is 1. The lowest BCUT2D eigenvalue weighted by atomic mass is 10.2. The van der Waals surface area contributed by atoms with Gasteiger partial charge in [-0.05, 0) is 61.1 Å². The molecule has 0 fully saturated rings. The summed E-state index contributed by atoms with van der Waals surface area (Å²) in [5.74, 6) is -0.264. The van der Waals surface area contributed by atoms with Crippen LogP contribution in [-0.4, -0.2) is 11.0 Å². The predicted octanol–water partition coefficient (Wildman–Crippen LogP) is 4.54. The first kappa shape index (κ1) is 15.9. The van der Waals surface area contributed by atoms with E-state index in [-0.39, 0.29) is 11.0 Å². The van der Waals surface area contributed by atoms with Gasteiger partial charge in [-0.15, -0.1) is 0 Å². The fourth-order valence-electron chi connectivity index (χ4n) is 1.66. The zero-order chi connectivity index (χ0) is 15.4. The van der Waals surface area contributed by atoms with Crippen LogP contribution >= 0.6 is 39.7 Å². The zero-order valence-electron chi connectivity index (χ0n) is 11.1. The molecule has 6 heteroatoms. The molecule has 0 aliphatic carbocycles. The Kier molecular flexibility index (Phi) is 5.33. The molecule has 0 aromatic heterocycles. The molecule has 0 aliphatic heterocycles. The van der Waals surface area contributed by atoms with Gasteiger partial charge >= 0.3 is 0 Å². The number of rotatable bonds is 2. The highest BCUT2D eigenvalue weighted by Gasteiger charge is 2.08. The number of hydrogen-bond donors (Lipinski definition) is 2. The van der Waals surface area contributed by atoms with Gasteiger partial charge in [-0.2, -0.15) is 0 Å². The third-order valence-corrected chi connectivity index (χ3v) is 3.75. The second-order valence-corrected chi connectivity index (χ2v) is 6.13. The molecule has 0 radical (unpaired) electrons. The van der Waals surface area contributed by atoms with Gasteiger partial charge in [-0.25, -0.2) is 0 Å². The van der Waals surface area contributed by atoms with Crippen molar-refractivity contribution in [3.8, 4) is 0 Å². The standard InChI is InChI=1S/C15H12BrClN2OS/c1-9-2-7-12(17)8-13(9)18-15(21)19-14(20)10-3-5-11(16)6-4-10/h2-8H,1H3,(H2,18,19,20,21). The minimum atomic E-state index is -0.264. The summed E-state index contributed by atoms with van der Waals surface area (Å²) in [5.41, 5.74) is 2.29. The minimum absolute atomic E-state index is 0.230. The van der Waals surface area contributed by atoms with E-state index in [0.717, 1.165) is 15.7 Å². The summed E-state index contributed by atoms with van der Waals surface area (Å²) in [5, 5.41) is 6.43. The number of anilines is 1. The van der Waals surface area contributed by atoms with Crippen molar-refractivity contribution in [2.24, 2.45) is 0 Å². The Hall–Kier alpha value is -1.43. The smallest absolute Gasteiger partial charge is 0.257 e. The molecule has 21 heavy (non-hydrogen) atoms. The van der Waals surface area contributed by atoms with Gasteiger partial charge in [0.15, 0.2) is 5.11 Å². The third kappa shape index (κ3) is 4.52. The number of thiocarbonyl (C=S) groups is 1. The summed E-state index contributed by atoms with van der Waals surface area (Å²) in [6.45, 7) is 1.93. The van der Waals surface area contributed by atoms with Crippen molar-refractivity contribution in [3.63, 3.8) is 0 Å². The Bertz CT molecular complexity index is 689. The fraction of sp³-hybridized carbons (Fsp3) is 0.0667. The Balaban J connectivity index is 2.03. The van der Waals surface area contributed by atoms with Crippen LogP contribution in [0.1, 0.15) is 15.9 Å². The molecule has 2 N–H and O–H groups in total. The number of hydrogen-bond acceptors (Lipinski definition) is 2. The molecule has 0 spiro atoms. The summed E-state index contributed by atoms with van der Waals surface area (Å²) in [6, 6.07) is 12.5. The van der Waals surface area contributed by atoms with Crippen molar-refractivity contribution >= 4 is 56.5 Å². The molecule has 0 bridgehead atoms. The highest BCUT2D eigenvalue weighted by Crippen LogP contribution is 2.20. The van der Waals surface area contributed by atoms with Crippen molar-refractivity contribution in [3.05, 3.63) is 63.1 Å². The van der Waals surface area contributed by atoms with Gasteiger partial charge in [0.1, 0.15) is 0 Å².